The molecule has 1 spiro atoms. The summed E-state index contributed by atoms with van der Waals surface area (Å²) >= 11 is 1.37. The van der Waals surface area contributed by atoms with Gasteiger partial charge in [0.05, 0.1) is 0 Å². The van der Waals surface area contributed by atoms with Crippen LogP contribution in [0.25, 0.3) is 10.1 Å². The van der Waals surface area contributed by atoms with E-state index in [9.17, 15) is 9.59 Å². The number of hydrogen-bond acceptors (Lipinski definition) is 6. The molecule has 1 fully saturated rings. The molecule has 6 nitrogen and oxygen atoms in total. The monoisotopic (exact) mass is 423 g/mol. The Morgan fingerprint density at radius 1 is 1.10 bits per heavy atom. The van der Waals surface area contributed by atoms with Gasteiger partial charge in [-0.05, 0) is 48.9 Å². The van der Waals surface area contributed by atoms with Gasteiger partial charge >= 0.3 is 5.97 Å². The molecule has 1 aliphatic carbocycles. The van der Waals surface area contributed by atoms with E-state index < -0.39 is 17.7 Å². The number of rotatable bonds is 4. The Balaban J connectivity index is 1.21. The number of hydrogen-bond donors (Lipinski definition) is 1. The van der Waals surface area contributed by atoms with Crippen LogP contribution in [0.5, 0.6) is 11.5 Å². The molecular formula is C23H21NO5S. The Morgan fingerprint density at radius 2 is 1.87 bits per heavy atom. The topological polar surface area (TPSA) is 73.9 Å². The van der Waals surface area contributed by atoms with Gasteiger partial charge in [0.15, 0.2) is 18.1 Å². The zero-order valence-corrected chi connectivity index (χ0v) is 17.3. The van der Waals surface area contributed by atoms with Crippen molar-refractivity contribution in [2.75, 3.05) is 11.9 Å². The summed E-state index contributed by atoms with van der Waals surface area (Å²) in [5.74, 6) is -0.105. The summed E-state index contributed by atoms with van der Waals surface area (Å²) in [5.41, 5.74) is 1.45. The minimum atomic E-state index is -0.539. The van der Waals surface area contributed by atoms with Crippen LogP contribution < -0.4 is 14.8 Å². The average Bonchev–Trinajstić information content (AvgIpc) is 3.44. The van der Waals surface area contributed by atoms with Crippen molar-refractivity contribution in [1.82, 2.24) is 0 Å². The van der Waals surface area contributed by atoms with Gasteiger partial charge in [-0.1, -0.05) is 18.2 Å². The molecule has 2 aliphatic rings. The van der Waals surface area contributed by atoms with Crippen molar-refractivity contribution in [3.8, 4) is 11.5 Å². The highest BCUT2D eigenvalue weighted by atomic mass is 32.1. The van der Waals surface area contributed by atoms with E-state index in [1.807, 2.05) is 31.2 Å². The lowest BCUT2D eigenvalue weighted by Crippen LogP contribution is -2.34. The van der Waals surface area contributed by atoms with E-state index in [2.05, 4.69) is 5.32 Å². The molecule has 1 amide bonds. The van der Waals surface area contributed by atoms with Crippen LogP contribution in [0.3, 0.4) is 0 Å². The van der Waals surface area contributed by atoms with Crippen LogP contribution in [0.4, 0.5) is 5.69 Å². The van der Waals surface area contributed by atoms with Crippen molar-refractivity contribution in [2.45, 2.75) is 38.4 Å². The van der Waals surface area contributed by atoms with E-state index in [0.29, 0.717) is 22.1 Å². The first-order valence-electron chi connectivity index (χ1n) is 10.0. The van der Waals surface area contributed by atoms with Gasteiger partial charge in [0, 0.05) is 29.3 Å². The normalized spacial score (nSPS) is 16.2. The van der Waals surface area contributed by atoms with E-state index in [1.54, 1.807) is 18.2 Å². The van der Waals surface area contributed by atoms with Gasteiger partial charge in [0.1, 0.15) is 4.88 Å². The van der Waals surface area contributed by atoms with Crippen molar-refractivity contribution in [3.63, 3.8) is 0 Å². The Kier molecular flexibility index (Phi) is 4.62. The van der Waals surface area contributed by atoms with Crippen molar-refractivity contribution in [1.29, 1.82) is 0 Å². The Hall–Kier alpha value is -3.06. The Morgan fingerprint density at radius 3 is 2.67 bits per heavy atom. The van der Waals surface area contributed by atoms with E-state index in [1.165, 1.54) is 11.3 Å². The van der Waals surface area contributed by atoms with E-state index >= 15 is 0 Å². The number of amides is 1. The first kappa shape index (κ1) is 18.9. The third-order valence-electron chi connectivity index (χ3n) is 5.55. The van der Waals surface area contributed by atoms with E-state index in [0.717, 1.165) is 41.3 Å². The van der Waals surface area contributed by atoms with Gasteiger partial charge in [-0.25, -0.2) is 4.79 Å². The summed E-state index contributed by atoms with van der Waals surface area (Å²) in [6, 6.07) is 13.1. The first-order valence-corrected chi connectivity index (χ1v) is 10.8. The maximum Gasteiger partial charge on any atom is 0.349 e. The van der Waals surface area contributed by atoms with Gasteiger partial charge in [0.25, 0.3) is 11.7 Å². The molecule has 5 rings (SSSR count). The number of fused-ring (bicyclic) bond motifs is 2. The number of thiophene rings is 1. The molecule has 2 heterocycles. The predicted molar refractivity (Wildman–Crippen MR) is 114 cm³/mol. The maximum absolute atomic E-state index is 12.5. The molecule has 3 aromatic rings. The largest absolute Gasteiger partial charge is 0.451 e. The molecule has 1 N–H and O–H groups in total. The van der Waals surface area contributed by atoms with Gasteiger partial charge in [-0.15, -0.1) is 11.3 Å². The highest BCUT2D eigenvalue weighted by Crippen LogP contribution is 2.47. The summed E-state index contributed by atoms with van der Waals surface area (Å²) in [5, 5.41) is 3.78. The molecular weight excluding hydrogens is 402 g/mol. The second-order valence-electron chi connectivity index (χ2n) is 7.66. The highest BCUT2D eigenvalue weighted by molar-refractivity contribution is 7.21. The standard InChI is InChI=1S/C23H21NO5S/c1-14-16-6-2-3-7-19(16)30-21(14)22(26)27-13-20(25)24-15-8-9-17-18(12-15)29-23(28-17)10-4-5-11-23/h2-3,6-9,12H,4-5,10-11,13H2,1H3,(H,24,25). The van der Waals surface area contributed by atoms with Gasteiger partial charge in [-0.3, -0.25) is 4.79 Å². The minimum absolute atomic E-state index is 0.356. The highest BCUT2D eigenvalue weighted by Gasteiger charge is 2.44. The fourth-order valence-electron chi connectivity index (χ4n) is 4.05. The first-order chi connectivity index (χ1) is 14.5. The smallest absolute Gasteiger partial charge is 0.349 e. The maximum atomic E-state index is 12.5. The van der Waals surface area contributed by atoms with E-state index in [-0.39, 0.29) is 6.61 Å². The van der Waals surface area contributed by atoms with Crippen LogP contribution in [-0.4, -0.2) is 24.3 Å². The molecule has 1 saturated carbocycles. The van der Waals surface area contributed by atoms with Crippen LogP contribution >= 0.6 is 11.3 Å². The van der Waals surface area contributed by atoms with Crippen LogP contribution in [0.1, 0.15) is 40.9 Å². The molecule has 2 aromatic carbocycles. The predicted octanol–water partition coefficient (Wildman–Crippen LogP) is 5.05. The van der Waals surface area contributed by atoms with Crippen molar-refractivity contribution >= 4 is 39.0 Å². The number of esters is 1. The third-order valence-corrected chi connectivity index (χ3v) is 6.80. The molecule has 0 unspecified atom stereocenters. The number of carbonyl (C=O) groups is 2. The van der Waals surface area contributed by atoms with Crippen LogP contribution in [0.15, 0.2) is 42.5 Å². The summed E-state index contributed by atoms with van der Waals surface area (Å²) in [4.78, 5) is 25.3. The molecule has 1 aromatic heterocycles. The number of benzene rings is 2. The van der Waals surface area contributed by atoms with Crippen molar-refractivity contribution in [2.24, 2.45) is 0 Å². The lowest BCUT2D eigenvalue weighted by molar-refractivity contribution is -0.119. The summed E-state index contributed by atoms with van der Waals surface area (Å²) in [7, 11) is 0. The molecule has 154 valence electrons. The molecule has 7 heteroatoms. The zero-order valence-electron chi connectivity index (χ0n) is 16.5. The Labute approximate surface area is 177 Å². The summed E-state index contributed by atoms with van der Waals surface area (Å²) in [6.07, 6.45) is 3.91. The van der Waals surface area contributed by atoms with Crippen LogP contribution in [0, 0.1) is 6.92 Å². The third kappa shape index (κ3) is 3.39. The fraction of sp³-hybridized carbons (Fsp3) is 0.304. The minimum Gasteiger partial charge on any atom is -0.451 e. The molecule has 0 saturated heterocycles. The SMILES string of the molecule is Cc1c(C(=O)OCC(=O)Nc2ccc3c(c2)OC2(CCCC2)O3)sc2ccccc12. The quantitative estimate of drug-likeness (QED) is 0.595. The number of nitrogens with one attached hydrogen (secondary N) is 1. The number of carbonyl (C=O) groups excluding carboxylic acids is 2. The average molecular weight is 423 g/mol. The Bertz CT molecular complexity index is 1150. The van der Waals surface area contributed by atoms with Crippen LogP contribution in [-0.2, 0) is 9.53 Å². The van der Waals surface area contributed by atoms with Crippen molar-refractivity contribution < 1.29 is 23.8 Å². The van der Waals surface area contributed by atoms with E-state index in [4.69, 9.17) is 14.2 Å². The van der Waals surface area contributed by atoms with Gasteiger partial charge in [0.2, 0.25) is 0 Å². The van der Waals surface area contributed by atoms with Gasteiger partial charge in [-0.2, -0.15) is 0 Å². The molecule has 1 aliphatic heterocycles. The zero-order chi connectivity index (χ0) is 20.7. The summed E-state index contributed by atoms with van der Waals surface area (Å²) in [6.45, 7) is 1.53. The number of ether oxygens (including phenoxy) is 3. The van der Waals surface area contributed by atoms with Gasteiger partial charge < -0.3 is 19.5 Å². The lowest BCUT2D eigenvalue weighted by Gasteiger charge is -2.21. The fourth-order valence-corrected chi connectivity index (χ4v) is 5.15. The van der Waals surface area contributed by atoms with Crippen LogP contribution in [0.2, 0.25) is 0 Å². The second-order valence-corrected chi connectivity index (χ2v) is 8.71. The number of anilines is 1. The lowest BCUT2D eigenvalue weighted by atomic mass is 10.1. The number of aryl methyl sites for hydroxylation is 1. The summed E-state index contributed by atoms with van der Waals surface area (Å²) < 4.78 is 18.3. The molecule has 0 atom stereocenters. The molecule has 30 heavy (non-hydrogen) atoms. The van der Waals surface area contributed by atoms with Crippen molar-refractivity contribution in [3.05, 3.63) is 52.9 Å². The second kappa shape index (κ2) is 7.32. The molecule has 0 bridgehead atoms. The molecule has 0 radical (unpaired) electrons.